The smallest absolute Gasteiger partial charge is 0.338 e. The van der Waals surface area contributed by atoms with E-state index >= 15 is 0 Å². The van der Waals surface area contributed by atoms with E-state index in [1.54, 1.807) is 41.2 Å². The maximum Gasteiger partial charge on any atom is 0.338 e. The van der Waals surface area contributed by atoms with Crippen LogP contribution in [0.25, 0.3) is 27.8 Å². The van der Waals surface area contributed by atoms with E-state index in [-0.39, 0.29) is 17.0 Å². The summed E-state index contributed by atoms with van der Waals surface area (Å²) in [6.45, 7) is 1.73. The topological polar surface area (TPSA) is 114 Å². The minimum Gasteiger partial charge on any atom is -0.478 e. The molecule has 0 aliphatic carbocycles. The van der Waals surface area contributed by atoms with Crippen molar-refractivity contribution in [2.24, 2.45) is 0 Å². The third-order valence-electron chi connectivity index (χ3n) is 7.11. The zero-order chi connectivity index (χ0) is 26.1. The number of hydrogen-bond donors (Lipinski definition) is 1. The minimum absolute atomic E-state index is 0.112. The Balaban J connectivity index is 1.31. The molecule has 2 aromatic carbocycles. The van der Waals surface area contributed by atoms with Gasteiger partial charge in [0.1, 0.15) is 0 Å². The summed E-state index contributed by atoms with van der Waals surface area (Å²) in [5.74, 6) is 0.208. The number of likely N-dealkylation sites (tertiary alicyclic amines) is 1. The van der Waals surface area contributed by atoms with E-state index in [0.717, 1.165) is 18.4 Å². The monoisotopic (exact) mass is 507 g/mol. The molecule has 1 N–H and O–H groups in total. The first kappa shape index (κ1) is 23.7. The number of benzene rings is 2. The third-order valence-corrected chi connectivity index (χ3v) is 7.11. The molecule has 0 spiro atoms. The van der Waals surface area contributed by atoms with Crippen molar-refractivity contribution in [1.29, 1.82) is 0 Å². The van der Waals surface area contributed by atoms with Crippen LogP contribution < -0.4 is 5.56 Å². The van der Waals surface area contributed by atoms with Crippen LogP contribution >= 0.6 is 0 Å². The molecule has 5 aromatic rings. The van der Waals surface area contributed by atoms with E-state index in [0.29, 0.717) is 53.5 Å². The summed E-state index contributed by atoms with van der Waals surface area (Å²) in [5.41, 5.74) is 1.90. The fraction of sp³-hybridized carbons (Fsp3) is 0.207. The van der Waals surface area contributed by atoms with Crippen molar-refractivity contribution in [3.05, 3.63) is 107 Å². The Morgan fingerprint density at radius 1 is 0.947 bits per heavy atom. The van der Waals surface area contributed by atoms with Crippen LogP contribution in [0.3, 0.4) is 0 Å². The lowest BCUT2D eigenvalue weighted by atomic mass is 9.96. The summed E-state index contributed by atoms with van der Waals surface area (Å²) in [4.78, 5) is 37.0. The van der Waals surface area contributed by atoms with Crippen molar-refractivity contribution in [1.82, 2.24) is 24.6 Å². The number of piperidine rings is 1. The second-order valence-corrected chi connectivity index (χ2v) is 9.39. The second kappa shape index (κ2) is 10.0. The van der Waals surface area contributed by atoms with Crippen molar-refractivity contribution in [2.45, 2.75) is 25.3 Å². The fourth-order valence-electron chi connectivity index (χ4n) is 5.21. The molecule has 1 aliphatic heterocycles. The number of carboxylic acid groups (broad SMARTS) is 1. The Hall–Kier alpha value is -4.63. The number of hydrogen-bond acceptors (Lipinski definition) is 7. The average molecular weight is 508 g/mol. The maximum atomic E-state index is 13.6. The van der Waals surface area contributed by atoms with E-state index in [2.05, 4.69) is 20.0 Å². The van der Waals surface area contributed by atoms with Crippen LogP contribution in [0, 0.1) is 0 Å². The number of rotatable bonds is 6. The molecule has 190 valence electrons. The van der Waals surface area contributed by atoms with Gasteiger partial charge >= 0.3 is 5.97 Å². The molecule has 9 heteroatoms. The highest BCUT2D eigenvalue weighted by molar-refractivity contribution is 6.04. The Morgan fingerprint density at radius 2 is 1.63 bits per heavy atom. The Labute approximate surface area is 218 Å². The van der Waals surface area contributed by atoms with Crippen LogP contribution in [0.15, 0.2) is 88.4 Å². The highest BCUT2D eigenvalue weighted by atomic mass is 16.5. The van der Waals surface area contributed by atoms with Crippen LogP contribution in [0.1, 0.15) is 40.7 Å². The molecule has 4 heterocycles. The van der Waals surface area contributed by atoms with Crippen LogP contribution in [0.5, 0.6) is 0 Å². The summed E-state index contributed by atoms with van der Waals surface area (Å²) in [6.07, 6.45) is 4.95. The second-order valence-electron chi connectivity index (χ2n) is 9.39. The fourth-order valence-corrected chi connectivity index (χ4v) is 5.21. The first-order valence-electron chi connectivity index (χ1n) is 12.5. The predicted molar refractivity (Wildman–Crippen MR) is 141 cm³/mol. The molecular weight excluding hydrogens is 482 g/mol. The van der Waals surface area contributed by atoms with Gasteiger partial charge in [-0.3, -0.25) is 19.2 Å². The summed E-state index contributed by atoms with van der Waals surface area (Å²) >= 11 is 0. The van der Waals surface area contributed by atoms with Gasteiger partial charge in [0, 0.05) is 46.9 Å². The standard InChI is InChI=1S/C29H25N5O4/c35-28-23-9-5-4-8-22(23)25(29(36)37)24(34(28)21-6-2-1-3-7-21)18-33-16-12-20(13-17-33)27-31-26(32-38-27)19-10-14-30-15-11-19/h1-11,14-15,20H,12-13,16-18H2,(H,36,37). The van der Waals surface area contributed by atoms with Gasteiger partial charge in [-0.2, -0.15) is 4.98 Å². The molecule has 38 heavy (non-hydrogen) atoms. The van der Waals surface area contributed by atoms with Gasteiger partial charge in [-0.05, 0) is 56.3 Å². The predicted octanol–water partition coefficient (Wildman–Crippen LogP) is 4.51. The first-order valence-corrected chi connectivity index (χ1v) is 12.5. The highest BCUT2D eigenvalue weighted by Crippen LogP contribution is 2.30. The molecule has 0 saturated carbocycles. The van der Waals surface area contributed by atoms with Gasteiger partial charge in [-0.1, -0.05) is 41.6 Å². The molecule has 0 bridgehead atoms. The maximum absolute atomic E-state index is 13.6. The largest absolute Gasteiger partial charge is 0.478 e. The molecule has 0 unspecified atom stereocenters. The number of nitrogens with zero attached hydrogens (tertiary/aromatic N) is 5. The van der Waals surface area contributed by atoms with Crippen LogP contribution in [0.4, 0.5) is 0 Å². The summed E-state index contributed by atoms with van der Waals surface area (Å²) in [5, 5.41) is 15.3. The summed E-state index contributed by atoms with van der Waals surface area (Å²) < 4.78 is 7.13. The van der Waals surface area contributed by atoms with Gasteiger partial charge in [0.15, 0.2) is 0 Å². The average Bonchev–Trinajstić information content (AvgIpc) is 3.45. The van der Waals surface area contributed by atoms with Gasteiger partial charge < -0.3 is 9.63 Å². The lowest BCUT2D eigenvalue weighted by Gasteiger charge is -2.31. The lowest BCUT2D eigenvalue weighted by Crippen LogP contribution is -2.36. The Bertz CT molecular complexity index is 1660. The van der Waals surface area contributed by atoms with Gasteiger partial charge in [0.05, 0.1) is 11.3 Å². The summed E-state index contributed by atoms with van der Waals surface area (Å²) in [6, 6.07) is 19.8. The van der Waals surface area contributed by atoms with E-state index in [9.17, 15) is 14.7 Å². The molecule has 1 fully saturated rings. The quantitative estimate of drug-likeness (QED) is 0.357. The van der Waals surface area contributed by atoms with Crippen molar-refractivity contribution >= 4 is 16.7 Å². The molecule has 0 radical (unpaired) electrons. The van der Waals surface area contributed by atoms with E-state index in [1.807, 2.05) is 42.5 Å². The molecule has 6 rings (SSSR count). The molecule has 0 atom stereocenters. The first-order chi connectivity index (χ1) is 18.6. The Morgan fingerprint density at radius 3 is 2.34 bits per heavy atom. The van der Waals surface area contributed by atoms with Gasteiger partial charge in [0.25, 0.3) is 5.56 Å². The lowest BCUT2D eigenvalue weighted by molar-refractivity contribution is 0.0695. The molecule has 9 nitrogen and oxygen atoms in total. The van der Waals surface area contributed by atoms with Crippen molar-refractivity contribution in [3.63, 3.8) is 0 Å². The molecule has 1 aliphatic rings. The molecule has 1 saturated heterocycles. The highest BCUT2D eigenvalue weighted by Gasteiger charge is 2.29. The van der Waals surface area contributed by atoms with Crippen LogP contribution in [-0.2, 0) is 6.54 Å². The van der Waals surface area contributed by atoms with Gasteiger partial charge in [0.2, 0.25) is 11.7 Å². The van der Waals surface area contributed by atoms with Crippen molar-refractivity contribution < 1.29 is 14.4 Å². The minimum atomic E-state index is -1.05. The number of fused-ring (bicyclic) bond motifs is 1. The zero-order valence-electron chi connectivity index (χ0n) is 20.5. The number of aromatic carboxylic acids is 1. The molecule has 3 aromatic heterocycles. The van der Waals surface area contributed by atoms with Crippen molar-refractivity contribution in [3.8, 4) is 17.1 Å². The SMILES string of the molecule is O=C(O)c1c(CN2CCC(c3nc(-c4ccncc4)no3)CC2)n(-c2ccccc2)c(=O)c2ccccc12. The number of carbonyl (C=O) groups is 1. The number of para-hydroxylation sites is 1. The number of carboxylic acids is 1. The molecular formula is C29H25N5O4. The van der Waals surface area contributed by atoms with Gasteiger partial charge in [-0.25, -0.2) is 4.79 Å². The normalized spacial score (nSPS) is 14.6. The van der Waals surface area contributed by atoms with Crippen LogP contribution in [-0.4, -0.2) is 48.8 Å². The summed E-state index contributed by atoms with van der Waals surface area (Å²) in [7, 11) is 0. The zero-order valence-corrected chi connectivity index (χ0v) is 20.5. The van der Waals surface area contributed by atoms with Gasteiger partial charge in [-0.15, -0.1) is 0 Å². The van der Waals surface area contributed by atoms with E-state index < -0.39 is 5.97 Å². The Kier molecular flexibility index (Phi) is 6.27. The van der Waals surface area contributed by atoms with E-state index in [4.69, 9.17) is 4.52 Å². The van der Waals surface area contributed by atoms with Crippen molar-refractivity contribution in [2.75, 3.05) is 13.1 Å². The third kappa shape index (κ3) is 4.37. The number of pyridine rings is 2. The molecule has 0 amide bonds. The van der Waals surface area contributed by atoms with E-state index in [1.165, 1.54) is 0 Å². The van der Waals surface area contributed by atoms with Crippen LogP contribution in [0.2, 0.25) is 0 Å². The number of aromatic nitrogens is 4.